The molecule has 142 valence electrons. The van der Waals surface area contributed by atoms with E-state index in [-0.39, 0.29) is 29.5 Å². The van der Waals surface area contributed by atoms with E-state index in [1.165, 1.54) is 17.3 Å². The molecule has 26 heavy (non-hydrogen) atoms. The number of para-hydroxylation sites is 1. The van der Waals surface area contributed by atoms with Crippen LogP contribution in [0.3, 0.4) is 0 Å². The van der Waals surface area contributed by atoms with Gasteiger partial charge >= 0.3 is 0 Å². The summed E-state index contributed by atoms with van der Waals surface area (Å²) in [7, 11) is -3.01. The third-order valence-corrected chi connectivity index (χ3v) is 8.81. The first-order valence-electron chi connectivity index (χ1n) is 8.83. The second-order valence-electron chi connectivity index (χ2n) is 6.70. The molecule has 1 saturated heterocycles. The number of thioether (sulfide) groups is 2. The maximum Gasteiger partial charge on any atom is 0.233 e. The van der Waals surface area contributed by atoms with Crippen molar-refractivity contribution >= 4 is 49.3 Å². The van der Waals surface area contributed by atoms with E-state index < -0.39 is 9.84 Å². The predicted octanol–water partition coefficient (Wildman–Crippen LogP) is 3.47. The highest BCUT2D eigenvalue weighted by Crippen LogP contribution is 2.34. The highest BCUT2D eigenvalue weighted by atomic mass is 32.2. The minimum atomic E-state index is -3.01. The van der Waals surface area contributed by atoms with Gasteiger partial charge in [-0.25, -0.2) is 13.4 Å². The fourth-order valence-electron chi connectivity index (χ4n) is 3.28. The second-order valence-corrected chi connectivity index (χ2v) is 11.1. The number of sulfone groups is 1. The molecule has 2 aliphatic rings. The van der Waals surface area contributed by atoms with Gasteiger partial charge in [-0.3, -0.25) is 4.79 Å². The molecule has 0 aromatic heterocycles. The Bertz CT molecular complexity index is 808. The summed E-state index contributed by atoms with van der Waals surface area (Å²) in [5, 5.41) is 0. The van der Waals surface area contributed by atoms with E-state index in [4.69, 9.17) is 0 Å². The summed E-state index contributed by atoms with van der Waals surface area (Å²) in [6, 6.07) is 7.90. The minimum Gasteiger partial charge on any atom is -0.335 e. The molecule has 0 saturated carbocycles. The van der Waals surface area contributed by atoms with Crippen LogP contribution >= 0.6 is 23.5 Å². The van der Waals surface area contributed by atoms with Crippen molar-refractivity contribution in [3.8, 4) is 0 Å². The number of amides is 1. The van der Waals surface area contributed by atoms with Crippen molar-refractivity contribution in [1.82, 2.24) is 4.90 Å². The van der Waals surface area contributed by atoms with Crippen LogP contribution in [-0.2, 0) is 20.4 Å². The summed E-state index contributed by atoms with van der Waals surface area (Å²) in [6.07, 6.45) is 1.36. The zero-order valence-electron chi connectivity index (χ0n) is 15.1. The van der Waals surface area contributed by atoms with E-state index in [0.717, 1.165) is 22.2 Å². The molecule has 0 aliphatic carbocycles. The van der Waals surface area contributed by atoms with Gasteiger partial charge in [-0.1, -0.05) is 48.6 Å². The Kier molecular flexibility index (Phi) is 6.35. The highest BCUT2D eigenvalue weighted by Gasteiger charge is 2.36. The third-order valence-electron chi connectivity index (χ3n) is 4.83. The molecule has 1 amide bonds. The third kappa shape index (κ3) is 4.64. The minimum absolute atomic E-state index is 0.00797. The number of hydrogen-bond acceptors (Lipinski definition) is 6. The number of rotatable bonds is 5. The van der Waals surface area contributed by atoms with E-state index in [9.17, 15) is 13.2 Å². The standard InChI is InChI=1S/C18H24N2O3S3/c1-3-13(2)20(15-8-9-26(22,23)12-15)17(21)11-25-18-19-16-7-5-4-6-14(16)10-24-18/h4-7,13,15H,3,8-12H2,1-2H3. The van der Waals surface area contributed by atoms with Gasteiger partial charge in [-0.05, 0) is 31.4 Å². The molecule has 0 N–H and O–H groups in total. The van der Waals surface area contributed by atoms with Crippen LogP contribution in [0.15, 0.2) is 29.3 Å². The van der Waals surface area contributed by atoms with Gasteiger partial charge in [0.05, 0.1) is 22.9 Å². The van der Waals surface area contributed by atoms with Gasteiger partial charge in [-0.2, -0.15) is 0 Å². The number of nitrogens with zero attached hydrogens (tertiary/aromatic N) is 2. The SMILES string of the molecule is CCC(C)N(C(=O)CSC1=Nc2ccccc2CS1)C1CCS(=O)(=O)C1. The van der Waals surface area contributed by atoms with Crippen molar-refractivity contribution in [2.24, 2.45) is 4.99 Å². The van der Waals surface area contributed by atoms with Crippen molar-refractivity contribution in [2.45, 2.75) is 44.5 Å². The van der Waals surface area contributed by atoms with Crippen LogP contribution in [0.2, 0.25) is 0 Å². The maximum atomic E-state index is 12.9. The molecule has 0 spiro atoms. The van der Waals surface area contributed by atoms with Gasteiger partial charge in [0.2, 0.25) is 5.91 Å². The van der Waals surface area contributed by atoms with Crippen LogP contribution in [0.25, 0.3) is 0 Å². The van der Waals surface area contributed by atoms with Crippen LogP contribution in [0, 0.1) is 0 Å². The molecule has 8 heteroatoms. The molecule has 1 aromatic rings. The first-order chi connectivity index (χ1) is 12.4. The summed E-state index contributed by atoms with van der Waals surface area (Å²) in [4.78, 5) is 19.3. The van der Waals surface area contributed by atoms with Crippen LogP contribution in [0.4, 0.5) is 5.69 Å². The van der Waals surface area contributed by atoms with E-state index in [0.29, 0.717) is 12.2 Å². The molecule has 1 fully saturated rings. The van der Waals surface area contributed by atoms with E-state index in [1.54, 1.807) is 16.7 Å². The molecule has 2 unspecified atom stereocenters. The first kappa shape index (κ1) is 19.8. The summed E-state index contributed by atoms with van der Waals surface area (Å²) >= 11 is 3.11. The average molecular weight is 413 g/mol. The fourth-order valence-corrected chi connectivity index (χ4v) is 6.93. The summed E-state index contributed by atoms with van der Waals surface area (Å²) in [5.41, 5.74) is 2.19. The highest BCUT2D eigenvalue weighted by molar-refractivity contribution is 8.38. The van der Waals surface area contributed by atoms with Crippen LogP contribution in [-0.4, -0.2) is 52.9 Å². The molecule has 2 heterocycles. The molecular weight excluding hydrogens is 388 g/mol. The average Bonchev–Trinajstić information content (AvgIpc) is 2.99. The Morgan fingerprint density at radius 2 is 2.19 bits per heavy atom. The molecule has 5 nitrogen and oxygen atoms in total. The van der Waals surface area contributed by atoms with Crippen molar-refractivity contribution < 1.29 is 13.2 Å². The predicted molar refractivity (Wildman–Crippen MR) is 111 cm³/mol. The van der Waals surface area contributed by atoms with E-state index in [1.807, 2.05) is 32.0 Å². The fraction of sp³-hybridized carbons (Fsp3) is 0.556. The number of fused-ring (bicyclic) bond motifs is 1. The van der Waals surface area contributed by atoms with Crippen LogP contribution < -0.4 is 0 Å². The van der Waals surface area contributed by atoms with Gasteiger partial charge in [0.1, 0.15) is 4.38 Å². The molecule has 3 rings (SSSR count). The number of aliphatic imine (C=N–C) groups is 1. The number of carbonyl (C=O) groups is 1. The van der Waals surface area contributed by atoms with Crippen LogP contribution in [0.1, 0.15) is 32.3 Å². The van der Waals surface area contributed by atoms with Gasteiger partial charge < -0.3 is 4.90 Å². The van der Waals surface area contributed by atoms with Crippen LogP contribution in [0.5, 0.6) is 0 Å². The van der Waals surface area contributed by atoms with E-state index in [2.05, 4.69) is 11.1 Å². The van der Waals surface area contributed by atoms with Gasteiger partial charge in [-0.15, -0.1) is 0 Å². The van der Waals surface area contributed by atoms with Crippen molar-refractivity contribution in [2.75, 3.05) is 17.3 Å². The lowest BCUT2D eigenvalue weighted by Crippen LogP contribution is -2.47. The summed E-state index contributed by atoms with van der Waals surface area (Å²) in [5.74, 6) is 1.45. The zero-order chi connectivity index (χ0) is 18.7. The first-order valence-corrected chi connectivity index (χ1v) is 12.6. The number of carbonyl (C=O) groups excluding carboxylic acids is 1. The molecule has 0 bridgehead atoms. The lowest BCUT2D eigenvalue weighted by atomic mass is 10.1. The van der Waals surface area contributed by atoms with Crippen molar-refractivity contribution in [1.29, 1.82) is 0 Å². The van der Waals surface area contributed by atoms with Crippen molar-refractivity contribution in [3.05, 3.63) is 29.8 Å². The summed E-state index contributed by atoms with van der Waals surface area (Å²) in [6.45, 7) is 4.02. The number of hydrogen-bond donors (Lipinski definition) is 0. The molecule has 2 aliphatic heterocycles. The number of benzene rings is 1. The second kappa shape index (κ2) is 8.35. The Morgan fingerprint density at radius 1 is 1.42 bits per heavy atom. The smallest absolute Gasteiger partial charge is 0.233 e. The zero-order valence-corrected chi connectivity index (χ0v) is 17.5. The lowest BCUT2D eigenvalue weighted by Gasteiger charge is -2.33. The molecule has 2 atom stereocenters. The largest absolute Gasteiger partial charge is 0.335 e. The molecule has 1 aromatic carbocycles. The van der Waals surface area contributed by atoms with Crippen molar-refractivity contribution in [3.63, 3.8) is 0 Å². The topological polar surface area (TPSA) is 66.8 Å². The maximum absolute atomic E-state index is 12.9. The Morgan fingerprint density at radius 3 is 2.88 bits per heavy atom. The Labute approximate surface area is 163 Å². The normalized spacial score (nSPS) is 22.4. The molecular formula is C18H24N2O3S3. The quantitative estimate of drug-likeness (QED) is 0.741. The summed E-state index contributed by atoms with van der Waals surface area (Å²) < 4.78 is 24.6. The molecule has 0 radical (unpaired) electrons. The lowest BCUT2D eigenvalue weighted by molar-refractivity contribution is -0.132. The monoisotopic (exact) mass is 412 g/mol. The van der Waals surface area contributed by atoms with Gasteiger partial charge in [0.25, 0.3) is 0 Å². The van der Waals surface area contributed by atoms with Gasteiger partial charge in [0, 0.05) is 17.8 Å². The van der Waals surface area contributed by atoms with E-state index >= 15 is 0 Å². The Hall–Kier alpha value is -0.990. The Balaban J connectivity index is 1.66. The van der Waals surface area contributed by atoms with Gasteiger partial charge in [0.15, 0.2) is 9.84 Å².